The van der Waals surface area contributed by atoms with Crippen LogP contribution >= 0.6 is 11.3 Å². The third-order valence-corrected chi connectivity index (χ3v) is 5.43. The minimum atomic E-state index is -0.461. The summed E-state index contributed by atoms with van der Waals surface area (Å²) in [6.07, 6.45) is 0. The first-order chi connectivity index (χ1) is 13.5. The second-order valence-corrected chi connectivity index (χ2v) is 7.45. The van der Waals surface area contributed by atoms with Gasteiger partial charge in [-0.3, -0.25) is 14.5 Å². The summed E-state index contributed by atoms with van der Waals surface area (Å²) in [5.41, 5.74) is 2.63. The number of amides is 2. The molecule has 6 heteroatoms. The summed E-state index contributed by atoms with van der Waals surface area (Å²) < 4.78 is 14.1. The number of imide groups is 1. The largest absolute Gasteiger partial charge is 0.350 e. The van der Waals surface area contributed by atoms with Gasteiger partial charge in [-0.1, -0.05) is 42.0 Å². The molecule has 4 rings (SSSR count). The van der Waals surface area contributed by atoms with Gasteiger partial charge in [0, 0.05) is 16.1 Å². The molecule has 2 amide bonds. The number of thiophene rings is 1. The zero-order valence-electron chi connectivity index (χ0n) is 15.1. The number of anilines is 1. The molecule has 2 heterocycles. The van der Waals surface area contributed by atoms with Crippen molar-refractivity contribution in [3.05, 3.63) is 93.6 Å². The molecule has 1 aromatic heterocycles. The maximum atomic E-state index is 14.1. The van der Waals surface area contributed by atoms with E-state index < -0.39 is 17.6 Å². The Balaban J connectivity index is 1.71. The van der Waals surface area contributed by atoms with Crippen molar-refractivity contribution < 1.29 is 14.0 Å². The van der Waals surface area contributed by atoms with Crippen LogP contribution in [0.5, 0.6) is 0 Å². The third kappa shape index (κ3) is 3.34. The lowest BCUT2D eigenvalue weighted by atomic mass is 10.1. The lowest BCUT2D eigenvalue weighted by molar-refractivity contribution is -0.137. The quantitative estimate of drug-likeness (QED) is 0.646. The Morgan fingerprint density at radius 3 is 2.39 bits per heavy atom. The Morgan fingerprint density at radius 2 is 1.71 bits per heavy atom. The fraction of sp³-hybridized carbons (Fsp3) is 0.0909. The summed E-state index contributed by atoms with van der Waals surface area (Å²) in [5.74, 6) is -1.33. The molecule has 1 aliphatic rings. The molecule has 0 atom stereocenters. The van der Waals surface area contributed by atoms with Crippen LogP contribution in [0, 0.1) is 12.7 Å². The summed E-state index contributed by atoms with van der Waals surface area (Å²) in [5, 5.41) is 4.95. The standard InChI is InChI=1S/C22H17FN2O2S/c1-14-8-10-16(11-9-14)24-20-19(18-7-4-12-28-18)21(26)25(22(20)27)13-15-5-2-3-6-17(15)23/h2-12,24H,13H2,1H3. The fourth-order valence-corrected chi connectivity index (χ4v) is 3.83. The van der Waals surface area contributed by atoms with Crippen LogP contribution in [0.1, 0.15) is 16.0 Å². The molecule has 3 aromatic rings. The van der Waals surface area contributed by atoms with Gasteiger partial charge in [0.25, 0.3) is 11.8 Å². The van der Waals surface area contributed by atoms with E-state index in [1.54, 1.807) is 24.3 Å². The highest BCUT2D eigenvalue weighted by Gasteiger charge is 2.39. The summed E-state index contributed by atoms with van der Waals surface area (Å²) in [6.45, 7) is 1.86. The molecule has 0 saturated carbocycles. The Bertz CT molecular complexity index is 1070. The first-order valence-electron chi connectivity index (χ1n) is 8.76. The predicted molar refractivity (Wildman–Crippen MR) is 108 cm³/mol. The first-order valence-corrected chi connectivity index (χ1v) is 9.64. The van der Waals surface area contributed by atoms with Crippen molar-refractivity contribution in [3.63, 3.8) is 0 Å². The monoisotopic (exact) mass is 392 g/mol. The number of rotatable bonds is 5. The normalized spacial score (nSPS) is 14.1. The molecular weight excluding hydrogens is 375 g/mol. The number of carbonyl (C=O) groups excluding carboxylic acids is 2. The van der Waals surface area contributed by atoms with Crippen molar-refractivity contribution >= 4 is 34.4 Å². The van der Waals surface area contributed by atoms with Gasteiger partial charge in [-0.05, 0) is 36.6 Å². The van der Waals surface area contributed by atoms with E-state index in [0.717, 1.165) is 10.5 Å². The molecule has 0 aliphatic carbocycles. The molecule has 4 nitrogen and oxygen atoms in total. The van der Waals surface area contributed by atoms with Crippen molar-refractivity contribution in [2.45, 2.75) is 13.5 Å². The van der Waals surface area contributed by atoms with Crippen LogP contribution in [-0.4, -0.2) is 16.7 Å². The van der Waals surface area contributed by atoms with Gasteiger partial charge in [0.1, 0.15) is 11.5 Å². The van der Waals surface area contributed by atoms with Gasteiger partial charge >= 0.3 is 0 Å². The van der Waals surface area contributed by atoms with Crippen molar-refractivity contribution in [1.82, 2.24) is 4.90 Å². The molecule has 0 unspecified atom stereocenters. The van der Waals surface area contributed by atoms with Crippen LogP contribution in [0.15, 0.2) is 71.7 Å². The zero-order chi connectivity index (χ0) is 19.7. The van der Waals surface area contributed by atoms with Crippen molar-refractivity contribution in [2.75, 3.05) is 5.32 Å². The van der Waals surface area contributed by atoms with E-state index in [4.69, 9.17) is 0 Å². The average Bonchev–Trinajstić information content (AvgIpc) is 3.28. The number of halogens is 1. The number of hydrogen-bond acceptors (Lipinski definition) is 4. The van der Waals surface area contributed by atoms with Crippen LogP contribution in [0.4, 0.5) is 10.1 Å². The zero-order valence-corrected chi connectivity index (χ0v) is 15.9. The van der Waals surface area contributed by atoms with Gasteiger partial charge in [-0.25, -0.2) is 4.39 Å². The van der Waals surface area contributed by atoms with Crippen LogP contribution in [0.25, 0.3) is 5.57 Å². The lowest BCUT2D eigenvalue weighted by Gasteiger charge is -2.16. The molecule has 28 heavy (non-hydrogen) atoms. The lowest BCUT2D eigenvalue weighted by Crippen LogP contribution is -2.32. The second kappa shape index (κ2) is 7.40. The minimum Gasteiger partial charge on any atom is -0.350 e. The number of nitrogens with one attached hydrogen (secondary N) is 1. The summed E-state index contributed by atoms with van der Waals surface area (Å²) in [4.78, 5) is 27.9. The fourth-order valence-electron chi connectivity index (χ4n) is 3.06. The van der Waals surface area contributed by atoms with E-state index in [1.165, 1.54) is 17.4 Å². The molecule has 0 saturated heterocycles. The van der Waals surface area contributed by atoms with Gasteiger partial charge in [-0.2, -0.15) is 0 Å². The van der Waals surface area contributed by atoms with Crippen molar-refractivity contribution in [3.8, 4) is 0 Å². The minimum absolute atomic E-state index is 0.113. The van der Waals surface area contributed by atoms with Gasteiger partial charge in [0.2, 0.25) is 0 Å². The highest BCUT2D eigenvalue weighted by Crippen LogP contribution is 2.33. The summed E-state index contributed by atoms with van der Waals surface area (Å²) in [6, 6.07) is 17.3. The second-order valence-electron chi connectivity index (χ2n) is 6.51. The molecule has 1 N–H and O–H groups in total. The number of nitrogens with zero attached hydrogens (tertiary/aromatic N) is 1. The molecular formula is C22H17FN2O2S. The Hall–Kier alpha value is -3.25. The molecule has 2 aromatic carbocycles. The maximum Gasteiger partial charge on any atom is 0.278 e. The number of carbonyl (C=O) groups is 2. The van der Waals surface area contributed by atoms with E-state index in [-0.39, 0.29) is 12.2 Å². The Labute approximate surface area is 165 Å². The van der Waals surface area contributed by atoms with Crippen LogP contribution < -0.4 is 5.32 Å². The topological polar surface area (TPSA) is 49.4 Å². The summed E-state index contributed by atoms with van der Waals surface area (Å²) >= 11 is 1.38. The average molecular weight is 392 g/mol. The smallest absolute Gasteiger partial charge is 0.278 e. The highest BCUT2D eigenvalue weighted by molar-refractivity contribution is 7.11. The highest BCUT2D eigenvalue weighted by atomic mass is 32.1. The number of benzene rings is 2. The van der Waals surface area contributed by atoms with E-state index in [9.17, 15) is 14.0 Å². The van der Waals surface area contributed by atoms with Gasteiger partial charge in [0.15, 0.2) is 0 Å². The van der Waals surface area contributed by atoms with Crippen molar-refractivity contribution in [2.24, 2.45) is 0 Å². The van der Waals surface area contributed by atoms with E-state index in [1.807, 2.05) is 42.6 Å². The van der Waals surface area contributed by atoms with E-state index >= 15 is 0 Å². The SMILES string of the molecule is Cc1ccc(NC2=C(c3cccs3)C(=O)N(Cc3ccccc3F)C2=O)cc1. The molecule has 140 valence electrons. The van der Waals surface area contributed by atoms with Crippen LogP contribution in [-0.2, 0) is 16.1 Å². The van der Waals surface area contributed by atoms with Crippen LogP contribution in [0.2, 0.25) is 0 Å². The van der Waals surface area contributed by atoms with Gasteiger partial charge < -0.3 is 5.32 Å². The van der Waals surface area contributed by atoms with Gasteiger partial charge in [-0.15, -0.1) is 11.3 Å². The molecule has 0 radical (unpaired) electrons. The molecule has 1 aliphatic heterocycles. The van der Waals surface area contributed by atoms with Crippen LogP contribution in [0.3, 0.4) is 0 Å². The maximum absolute atomic E-state index is 14.1. The molecule has 0 spiro atoms. The van der Waals surface area contributed by atoms with E-state index in [0.29, 0.717) is 21.7 Å². The molecule has 0 fully saturated rings. The first kappa shape index (κ1) is 18.1. The predicted octanol–water partition coefficient (Wildman–Crippen LogP) is 4.59. The number of hydrogen-bond donors (Lipinski definition) is 1. The third-order valence-electron chi connectivity index (χ3n) is 4.54. The number of aryl methyl sites for hydroxylation is 1. The summed E-state index contributed by atoms with van der Waals surface area (Å²) in [7, 11) is 0. The van der Waals surface area contributed by atoms with Gasteiger partial charge in [0.05, 0.1) is 12.1 Å². The van der Waals surface area contributed by atoms with E-state index in [2.05, 4.69) is 5.32 Å². The van der Waals surface area contributed by atoms with Crippen molar-refractivity contribution in [1.29, 1.82) is 0 Å². The Morgan fingerprint density at radius 1 is 0.964 bits per heavy atom. The molecule has 0 bridgehead atoms. The Kier molecular flexibility index (Phi) is 4.79.